The Labute approximate surface area is 170 Å². The summed E-state index contributed by atoms with van der Waals surface area (Å²) in [6, 6.07) is 6.58. The van der Waals surface area contributed by atoms with Gasteiger partial charge in [-0.3, -0.25) is 9.49 Å². The fourth-order valence-corrected chi connectivity index (χ4v) is 7.18. The lowest BCUT2D eigenvalue weighted by Crippen LogP contribution is -2.64. The van der Waals surface area contributed by atoms with E-state index in [1.165, 1.54) is 36.0 Å². The number of morpholine rings is 1. The van der Waals surface area contributed by atoms with E-state index in [0.29, 0.717) is 34.2 Å². The van der Waals surface area contributed by atoms with Crippen LogP contribution in [0.15, 0.2) is 30.0 Å². The molecule has 0 amide bonds. The van der Waals surface area contributed by atoms with E-state index in [2.05, 4.69) is 36.1 Å². The van der Waals surface area contributed by atoms with Gasteiger partial charge in [-0.15, -0.1) is 0 Å². The van der Waals surface area contributed by atoms with Gasteiger partial charge in [-0.25, -0.2) is 5.01 Å². The fourth-order valence-electron chi connectivity index (χ4n) is 6.89. The summed E-state index contributed by atoms with van der Waals surface area (Å²) in [5.74, 6) is 0.702. The number of rotatable bonds is 1. The van der Waals surface area contributed by atoms with Gasteiger partial charge < -0.3 is 4.74 Å². The molecule has 6 atom stereocenters. The SMILES string of the molecule is C[C@@H]1C[N+]2(C[C@H](C)O1)CC21C2CCCC3C2=CN1N3c1ccc(Cl)c(Cl)c1. The third-order valence-corrected chi connectivity index (χ3v) is 8.35. The molecule has 2 saturated heterocycles. The predicted molar refractivity (Wildman–Crippen MR) is 108 cm³/mol. The minimum atomic E-state index is 0.199. The van der Waals surface area contributed by atoms with Crippen LogP contribution in [0.4, 0.5) is 5.69 Å². The molecule has 4 aliphatic heterocycles. The Bertz CT molecular complexity index is 848. The van der Waals surface area contributed by atoms with Crippen molar-refractivity contribution < 1.29 is 9.22 Å². The van der Waals surface area contributed by atoms with Crippen LogP contribution in [0.25, 0.3) is 0 Å². The molecule has 1 saturated carbocycles. The van der Waals surface area contributed by atoms with E-state index in [0.717, 1.165) is 13.1 Å². The number of quaternary nitrogens is 1. The van der Waals surface area contributed by atoms with Crippen LogP contribution in [-0.4, -0.2) is 53.0 Å². The van der Waals surface area contributed by atoms with Crippen LogP contribution in [0.3, 0.4) is 0 Å². The molecule has 0 aromatic heterocycles. The Kier molecular flexibility index (Phi) is 3.36. The molecule has 144 valence electrons. The van der Waals surface area contributed by atoms with Crippen LogP contribution in [-0.2, 0) is 4.74 Å². The maximum absolute atomic E-state index is 6.38. The van der Waals surface area contributed by atoms with E-state index in [1.807, 2.05) is 12.1 Å². The zero-order valence-corrected chi connectivity index (χ0v) is 17.4. The number of anilines is 1. The molecule has 6 heteroatoms. The van der Waals surface area contributed by atoms with Gasteiger partial charge >= 0.3 is 0 Å². The van der Waals surface area contributed by atoms with Crippen LogP contribution in [0.5, 0.6) is 0 Å². The topological polar surface area (TPSA) is 15.7 Å². The molecule has 0 N–H and O–H groups in total. The molecule has 2 bridgehead atoms. The Morgan fingerprint density at radius 1 is 1.11 bits per heavy atom. The number of benzene rings is 1. The summed E-state index contributed by atoms with van der Waals surface area (Å²) >= 11 is 12.6. The van der Waals surface area contributed by atoms with E-state index >= 15 is 0 Å². The first-order valence-corrected chi connectivity index (χ1v) is 11.0. The molecule has 4 nitrogen and oxygen atoms in total. The van der Waals surface area contributed by atoms with Gasteiger partial charge in [0.2, 0.25) is 5.66 Å². The predicted octanol–water partition coefficient (Wildman–Crippen LogP) is 4.43. The molecule has 1 aromatic carbocycles. The quantitative estimate of drug-likeness (QED) is 0.506. The Morgan fingerprint density at radius 3 is 2.63 bits per heavy atom. The van der Waals surface area contributed by atoms with Crippen molar-refractivity contribution in [3.63, 3.8) is 0 Å². The molecule has 6 rings (SSSR count). The van der Waals surface area contributed by atoms with E-state index < -0.39 is 0 Å². The summed E-state index contributed by atoms with van der Waals surface area (Å²) in [7, 11) is 0. The van der Waals surface area contributed by atoms with Crippen molar-refractivity contribution in [2.75, 3.05) is 24.6 Å². The van der Waals surface area contributed by atoms with Gasteiger partial charge in [0.25, 0.3) is 0 Å². The Morgan fingerprint density at radius 2 is 1.89 bits per heavy atom. The first-order chi connectivity index (χ1) is 12.9. The van der Waals surface area contributed by atoms with Crippen molar-refractivity contribution in [3.05, 3.63) is 40.0 Å². The van der Waals surface area contributed by atoms with E-state index in [1.54, 1.807) is 5.57 Å². The second-order valence-corrected chi connectivity index (χ2v) is 10.0. The van der Waals surface area contributed by atoms with E-state index in [-0.39, 0.29) is 5.66 Å². The number of hydrazine groups is 1. The van der Waals surface area contributed by atoms with Crippen LogP contribution >= 0.6 is 23.2 Å². The molecule has 5 aliphatic rings. The van der Waals surface area contributed by atoms with Crippen molar-refractivity contribution in [2.24, 2.45) is 5.92 Å². The normalized spacial score (nSPS) is 44.4. The molecule has 1 aromatic rings. The van der Waals surface area contributed by atoms with Crippen molar-refractivity contribution >= 4 is 28.9 Å². The number of halogens is 2. The molecule has 0 radical (unpaired) electrons. The maximum atomic E-state index is 6.38. The second-order valence-electron chi connectivity index (χ2n) is 9.22. The summed E-state index contributed by atoms with van der Waals surface area (Å²) in [6.07, 6.45) is 6.99. The van der Waals surface area contributed by atoms with E-state index in [4.69, 9.17) is 27.9 Å². The van der Waals surface area contributed by atoms with Gasteiger partial charge in [0, 0.05) is 6.20 Å². The lowest BCUT2D eigenvalue weighted by Gasteiger charge is -2.50. The average molecular weight is 407 g/mol. The number of fused-ring (bicyclic) bond motifs is 4. The Hall–Kier alpha value is -0.940. The molecule has 1 aliphatic carbocycles. The summed E-state index contributed by atoms with van der Waals surface area (Å²) in [4.78, 5) is 0. The van der Waals surface area contributed by atoms with Crippen LogP contribution in [0.2, 0.25) is 10.0 Å². The Balaban J connectivity index is 1.42. The number of ether oxygens (including phenoxy) is 1. The highest BCUT2D eigenvalue weighted by Gasteiger charge is 2.83. The summed E-state index contributed by atoms with van der Waals surface area (Å²) in [6.45, 7) is 7.96. The largest absolute Gasteiger partial charge is 0.364 e. The molecule has 27 heavy (non-hydrogen) atoms. The molecule has 2 spiro atoms. The minimum Gasteiger partial charge on any atom is -0.364 e. The fraction of sp³-hybridized carbons (Fsp3) is 0.619. The van der Waals surface area contributed by atoms with Crippen molar-refractivity contribution in [2.45, 2.75) is 57.0 Å². The lowest BCUT2D eigenvalue weighted by atomic mass is 9.77. The summed E-state index contributed by atoms with van der Waals surface area (Å²) in [5.41, 5.74) is 3.01. The van der Waals surface area contributed by atoms with Gasteiger partial charge in [-0.05, 0) is 50.5 Å². The van der Waals surface area contributed by atoms with Gasteiger partial charge in [0.1, 0.15) is 25.3 Å². The first-order valence-electron chi connectivity index (χ1n) is 10.2. The smallest absolute Gasteiger partial charge is 0.248 e. The van der Waals surface area contributed by atoms with Crippen LogP contribution in [0, 0.1) is 5.92 Å². The van der Waals surface area contributed by atoms with Crippen molar-refractivity contribution in [1.82, 2.24) is 5.01 Å². The summed E-state index contributed by atoms with van der Waals surface area (Å²) in [5, 5.41) is 6.38. The third-order valence-electron chi connectivity index (χ3n) is 7.61. The second kappa shape index (κ2) is 5.35. The van der Waals surface area contributed by atoms with Gasteiger partial charge in [-0.2, -0.15) is 0 Å². The number of hydrogen-bond donors (Lipinski definition) is 0. The van der Waals surface area contributed by atoms with Gasteiger partial charge in [-0.1, -0.05) is 29.6 Å². The maximum Gasteiger partial charge on any atom is 0.248 e. The highest BCUT2D eigenvalue weighted by molar-refractivity contribution is 6.42. The zero-order chi connectivity index (χ0) is 18.6. The minimum absolute atomic E-state index is 0.199. The molecular formula is C21H26Cl2N3O+. The third kappa shape index (κ3) is 2.03. The van der Waals surface area contributed by atoms with Gasteiger partial charge in [0.05, 0.1) is 27.7 Å². The van der Waals surface area contributed by atoms with Crippen molar-refractivity contribution in [3.8, 4) is 0 Å². The highest BCUT2D eigenvalue weighted by atomic mass is 35.5. The van der Waals surface area contributed by atoms with Crippen molar-refractivity contribution in [1.29, 1.82) is 0 Å². The zero-order valence-electron chi connectivity index (χ0n) is 15.9. The van der Waals surface area contributed by atoms with Crippen LogP contribution in [0.1, 0.15) is 33.1 Å². The standard InChI is InChI=1S/C21H26Cl2N3O/c1-13-10-26(11-14(2)27-13)12-21(26)17-4-3-5-20-16(17)9-24(21)25(20)15-6-7-18(22)19(23)8-15/h6-9,13-14,17,20H,3-5,10-12H2,1-2H3/q+1/t13-,14+,17?,20?,21?,26?. The number of hydrogen-bond acceptors (Lipinski definition) is 3. The molecule has 3 fully saturated rings. The first kappa shape index (κ1) is 17.0. The molecule has 4 unspecified atom stereocenters. The average Bonchev–Trinajstić information content (AvgIpc) is 2.92. The summed E-state index contributed by atoms with van der Waals surface area (Å²) < 4.78 is 7.28. The molecular weight excluding hydrogens is 381 g/mol. The highest BCUT2D eigenvalue weighted by Crippen LogP contribution is 2.65. The van der Waals surface area contributed by atoms with E-state index in [9.17, 15) is 0 Å². The monoisotopic (exact) mass is 406 g/mol. The molecule has 4 heterocycles. The lowest BCUT2D eigenvalue weighted by molar-refractivity contribution is -0.857. The van der Waals surface area contributed by atoms with Crippen LogP contribution < -0.4 is 5.01 Å². The number of nitrogens with zero attached hydrogens (tertiary/aromatic N) is 3. The van der Waals surface area contributed by atoms with Gasteiger partial charge in [0.15, 0.2) is 6.54 Å².